The zero-order valence-electron chi connectivity index (χ0n) is 15.5. The quantitative estimate of drug-likeness (QED) is 0.639. The highest BCUT2D eigenvalue weighted by atomic mass is 32.2. The van der Waals surface area contributed by atoms with Crippen LogP contribution in [0.4, 0.5) is 17.1 Å². The minimum atomic E-state index is -3.67. The first-order valence-electron chi connectivity index (χ1n) is 8.49. The van der Waals surface area contributed by atoms with Crippen molar-refractivity contribution in [1.82, 2.24) is 0 Å². The van der Waals surface area contributed by atoms with Crippen LogP contribution in [-0.4, -0.2) is 15.5 Å². The van der Waals surface area contributed by atoms with Crippen LogP contribution in [0, 0.1) is 13.8 Å². The highest BCUT2D eigenvalue weighted by molar-refractivity contribution is 7.92. The van der Waals surface area contributed by atoms with E-state index in [4.69, 9.17) is 4.74 Å². The highest BCUT2D eigenvalue weighted by Crippen LogP contribution is 2.25. The maximum absolute atomic E-state index is 12.6. The number of nitrogens with one attached hydrogen (secondary N) is 2. The van der Waals surface area contributed by atoms with E-state index >= 15 is 0 Å². The molecule has 0 amide bonds. The molecule has 0 unspecified atom stereocenters. The summed E-state index contributed by atoms with van der Waals surface area (Å²) in [5.74, 6) is 0.653. The molecule has 0 aliphatic rings. The van der Waals surface area contributed by atoms with Crippen molar-refractivity contribution in [2.24, 2.45) is 0 Å². The van der Waals surface area contributed by atoms with E-state index in [2.05, 4.69) is 10.0 Å². The Kier molecular flexibility index (Phi) is 5.37. The number of sulfonamides is 1. The standard InChI is InChI=1S/C21H22N2O3S/c1-15-6-4-5-7-20(15)22-17-8-10-18(11-9-17)23-27(24,25)19-12-13-21(26-3)16(2)14-19/h4-14,22-23H,1-3H3. The molecule has 3 aromatic rings. The third-order valence-corrected chi connectivity index (χ3v) is 5.62. The third kappa shape index (κ3) is 4.41. The fraction of sp³-hybridized carbons (Fsp3) is 0.143. The fourth-order valence-electron chi connectivity index (χ4n) is 2.72. The van der Waals surface area contributed by atoms with Crippen molar-refractivity contribution in [3.63, 3.8) is 0 Å². The molecule has 0 bridgehead atoms. The number of benzene rings is 3. The summed E-state index contributed by atoms with van der Waals surface area (Å²) in [4.78, 5) is 0.197. The summed E-state index contributed by atoms with van der Waals surface area (Å²) in [5, 5.41) is 3.32. The molecule has 3 rings (SSSR count). The molecule has 0 heterocycles. The van der Waals surface area contributed by atoms with Crippen molar-refractivity contribution in [2.75, 3.05) is 17.1 Å². The van der Waals surface area contributed by atoms with Crippen molar-refractivity contribution >= 4 is 27.1 Å². The average molecular weight is 382 g/mol. The summed E-state index contributed by atoms with van der Waals surface area (Å²) in [6.45, 7) is 3.84. The van der Waals surface area contributed by atoms with Crippen LogP contribution in [-0.2, 0) is 10.0 Å². The summed E-state index contributed by atoms with van der Waals surface area (Å²) >= 11 is 0. The molecule has 140 valence electrons. The fourth-order valence-corrected chi connectivity index (χ4v) is 3.87. The summed E-state index contributed by atoms with van der Waals surface area (Å²) in [6, 6.07) is 19.9. The molecule has 27 heavy (non-hydrogen) atoms. The summed E-state index contributed by atoms with van der Waals surface area (Å²) < 4.78 is 33.0. The second-order valence-corrected chi connectivity index (χ2v) is 7.94. The second-order valence-electron chi connectivity index (χ2n) is 6.25. The lowest BCUT2D eigenvalue weighted by molar-refractivity contribution is 0.411. The van der Waals surface area contributed by atoms with Crippen molar-refractivity contribution < 1.29 is 13.2 Å². The molecule has 0 aliphatic carbocycles. The minimum Gasteiger partial charge on any atom is -0.496 e. The van der Waals surface area contributed by atoms with Crippen LogP contribution < -0.4 is 14.8 Å². The number of methoxy groups -OCH3 is 1. The molecular formula is C21H22N2O3S. The largest absolute Gasteiger partial charge is 0.496 e. The minimum absolute atomic E-state index is 0.197. The van der Waals surface area contributed by atoms with Gasteiger partial charge in [-0.2, -0.15) is 0 Å². The zero-order valence-corrected chi connectivity index (χ0v) is 16.3. The molecule has 2 N–H and O–H groups in total. The maximum atomic E-state index is 12.6. The Balaban J connectivity index is 1.75. The first-order chi connectivity index (χ1) is 12.9. The van der Waals surface area contributed by atoms with E-state index in [-0.39, 0.29) is 4.90 Å². The Bertz CT molecular complexity index is 1050. The van der Waals surface area contributed by atoms with E-state index in [9.17, 15) is 8.42 Å². The van der Waals surface area contributed by atoms with Crippen LogP contribution in [0.5, 0.6) is 5.75 Å². The highest BCUT2D eigenvalue weighted by Gasteiger charge is 2.15. The maximum Gasteiger partial charge on any atom is 0.261 e. The molecule has 0 spiro atoms. The molecule has 3 aromatic carbocycles. The van der Waals surface area contributed by atoms with Gasteiger partial charge in [-0.1, -0.05) is 18.2 Å². The summed E-state index contributed by atoms with van der Waals surface area (Å²) in [5.41, 5.74) is 4.29. The Labute approximate surface area is 160 Å². The number of aryl methyl sites for hydroxylation is 2. The SMILES string of the molecule is COc1ccc(S(=O)(=O)Nc2ccc(Nc3ccccc3C)cc2)cc1C. The monoisotopic (exact) mass is 382 g/mol. The van der Waals surface area contributed by atoms with Gasteiger partial charge in [0, 0.05) is 17.1 Å². The van der Waals surface area contributed by atoms with Gasteiger partial charge in [0.25, 0.3) is 10.0 Å². The third-order valence-electron chi connectivity index (χ3n) is 4.24. The molecule has 6 heteroatoms. The van der Waals surface area contributed by atoms with Gasteiger partial charge < -0.3 is 10.1 Å². The van der Waals surface area contributed by atoms with Gasteiger partial charge in [0.2, 0.25) is 0 Å². The van der Waals surface area contributed by atoms with Gasteiger partial charge >= 0.3 is 0 Å². The van der Waals surface area contributed by atoms with Gasteiger partial charge in [0.05, 0.1) is 12.0 Å². The van der Waals surface area contributed by atoms with Gasteiger partial charge in [-0.05, 0) is 73.5 Å². The Morgan fingerprint density at radius 2 is 1.48 bits per heavy atom. The van der Waals surface area contributed by atoms with Gasteiger partial charge in [0.1, 0.15) is 5.75 Å². The van der Waals surface area contributed by atoms with Crippen molar-refractivity contribution in [2.45, 2.75) is 18.7 Å². The van der Waals surface area contributed by atoms with Crippen molar-refractivity contribution in [3.8, 4) is 5.75 Å². The number of rotatable bonds is 6. The molecule has 0 atom stereocenters. The van der Waals surface area contributed by atoms with E-state index in [0.29, 0.717) is 11.4 Å². The molecule has 0 saturated heterocycles. The lowest BCUT2D eigenvalue weighted by Crippen LogP contribution is -2.13. The summed E-state index contributed by atoms with van der Waals surface area (Å²) in [7, 11) is -2.11. The summed E-state index contributed by atoms with van der Waals surface area (Å²) in [6.07, 6.45) is 0. The van der Waals surface area contributed by atoms with Gasteiger partial charge in [-0.15, -0.1) is 0 Å². The molecule has 5 nitrogen and oxygen atoms in total. The normalized spacial score (nSPS) is 11.1. The van der Waals surface area contributed by atoms with E-state index in [1.54, 1.807) is 31.4 Å². The van der Waals surface area contributed by atoms with Gasteiger partial charge in [-0.25, -0.2) is 8.42 Å². The van der Waals surface area contributed by atoms with Crippen molar-refractivity contribution in [3.05, 3.63) is 77.9 Å². The molecule has 0 saturated carbocycles. The van der Waals surface area contributed by atoms with Crippen LogP contribution in [0.25, 0.3) is 0 Å². The van der Waals surface area contributed by atoms with E-state index in [1.807, 2.05) is 50.2 Å². The Hall–Kier alpha value is -2.99. The van der Waals surface area contributed by atoms with Crippen LogP contribution in [0.1, 0.15) is 11.1 Å². The second kappa shape index (κ2) is 7.72. The molecule has 0 aliphatic heterocycles. The molecule has 0 radical (unpaired) electrons. The van der Waals surface area contributed by atoms with E-state index < -0.39 is 10.0 Å². The number of hydrogen-bond donors (Lipinski definition) is 2. The number of hydrogen-bond acceptors (Lipinski definition) is 4. The first kappa shape index (κ1) is 18.8. The zero-order chi connectivity index (χ0) is 19.4. The topological polar surface area (TPSA) is 67.4 Å². The first-order valence-corrected chi connectivity index (χ1v) is 9.97. The predicted molar refractivity (Wildman–Crippen MR) is 109 cm³/mol. The Morgan fingerprint density at radius 1 is 0.815 bits per heavy atom. The smallest absolute Gasteiger partial charge is 0.261 e. The predicted octanol–water partition coefficient (Wildman–Crippen LogP) is 4.86. The number of ether oxygens (including phenoxy) is 1. The van der Waals surface area contributed by atoms with E-state index in [0.717, 1.165) is 22.5 Å². The molecule has 0 fully saturated rings. The average Bonchev–Trinajstić information content (AvgIpc) is 2.65. The lowest BCUT2D eigenvalue weighted by atomic mass is 10.2. The lowest BCUT2D eigenvalue weighted by Gasteiger charge is -2.12. The number of para-hydroxylation sites is 1. The van der Waals surface area contributed by atoms with Crippen LogP contribution in [0.2, 0.25) is 0 Å². The number of anilines is 3. The molecular weight excluding hydrogens is 360 g/mol. The van der Waals surface area contributed by atoms with E-state index in [1.165, 1.54) is 6.07 Å². The molecule has 0 aromatic heterocycles. The van der Waals surface area contributed by atoms with Crippen LogP contribution in [0.15, 0.2) is 71.6 Å². The van der Waals surface area contributed by atoms with Crippen LogP contribution in [0.3, 0.4) is 0 Å². The van der Waals surface area contributed by atoms with Crippen molar-refractivity contribution in [1.29, 1.82) is 0 Å². The van der Waals surface area contributed by atoms with Crippen LogP contribution >= 0.6 is 0 Å². The Morgan fingerprint density at radius 3 is 2.11 bits per heavy atom. The van der Waals surface area contributed by atoms with Gasteiger partial charge in [0.15, 0.2) is 0 Å². The van der Waals surface area contributed by atoms with Gasteiger partial charge in [-0.3, -0.25) is 4.72 Å².